The van der Waals surface area contributed by atoms with Crippen molar-refractivity contribution in [3.8, 4) is 28.4 Å². The predicted octanol–water partition coefficient (Wildman–Crippen LogP) is 2.84. The smallest absolute Gasteiger partial charge is 0.339 e. The highest BCUT2D eigenvalue weighted by atomic mass is 32.2. The van der Waals surface area contributed by atoms with Crippen LogP contribution < -0.4 is 19.5 Å². The molecule has 11 heteroatoms. The number of nitrogens with one attached hydrogen (secondary N) is 2. The molecule has 0 amide bonds. The minimum absolute atomic E-state index is 0.00268. The molecule has 3 aromatic carbocycles. The van der Waals surface area contributed by atoms with Gasteiger partial charge in [0.1, 0.15) is 29.4 Å². The number of aromatic carboxylic acids is 1. The van der Waals surface area contributed by atoms with Crippen LogP contribution in [0.25, 0.3) is 11.1 Å². The quantitative estimate of drug-likeness (QED) is 0.181. The molecule has 10 nitrogen and oxygen atoms in total. The van der Waals surface area contributed by atoms with Crippen LogP contribution in [0.15, 0.2) is 60.7 Å². The minimum Gasteiger partial charge on any atom is -0.506 e. The maximum absolute atomic E-state index is 11.4. The summed E-state index contributed by atoms with van der Waals surface area (Å²) < 4.78 is 35.9. The van der Waals surface area contributed by atoms with Gasteiger partial charge >= 0.3 is 5.97 Å². The Kier molecular flexibility index (Phi) is 8.75. The van der Waals surface area contributed by atoms with Crippen molar-refractivity contribution in [2.45, 2.75) is 6.10 Å². The van der Waals surface area contributed by atoms with Gasteiger partial charge in [0.2, 0.25) is 10.0 Å². The number of carbonyl (C=O) groups is 1. The fourth-order valence-corrected chi connectivity index (χ4v) is 3.99. The molecule has 1 atom stereocenters. The number of phenolic OH excluding ortho intramolecular Hbond substituents is 1. The van der Waals surface area contributed by atoms with Crippen LogP contribution in [0.2, 0.25) is 0 Å². The van der Waals surface area contributed by atoms with Crippen LogP contribution in [0, 0.1) is 0 Å². The summed E-state index contributed by atoms with van der Waals surface area (Å²) in [5.74, 6) is -0.366. The third-order valence-corrected chi connectivity index (χ3v) is 5.80. The molecule has 0 saturated heterocycles. The van der Waals surface area contributed by atoms with Crippen LogP contribution in [0.3, 0.4) is 0 Å². The molecule has 0 aliphatic heterocycles. The minimum atomic E-state index is -3.57. The van der Waals surface area contributed by atoms with Crippen molar-refractivity contribution in [2.75, 3.05) is 37.8 Å². The first-order valence-electron chi connectivity index (χ1n) is 10.9. The number of benzene rings is 3. The van der Waals surface area contributed by atoms with Gasteiger partial charge in [0.15, 0.2) is 0 Å². The number of ether oxygens (including phenoxy) is 2. The molecule has 0 bridgehead atoms. The average molecular weight is 517 g/mol. The van der Waals surface area contributed by atoms with Gasteiger partial charge in [-0.3, -0.25) is 4.72 Å². The largest absolute Gasteiger partial charge is 0.506 e. The molecule has 3 aromatic rings. The van der Waals surface area contributed by atoms with Crippen LogP contribution >= 0.6 is 0 Å². The fraction of sp³-hybridized carbons (Fsp3) is 0.240. The SMILES string of the molecule is COc1cc(-c2ccc(OCCNC[C@H](O)c3ccc(O)c(NS(C)(=O)=O)c3)cc2)ccc1C(=O)O. The first-order valence-corrected chi connectivity index (χ1v) is 12.8. The fourth-order valence-electron chi connectivity index (χ4n) is 3.43. The average Bonchev–Trinajstić information content (AvgIpc) is 2.84. The van der Waals surface area contributed by atoms with Gasteiger partial charge in [-0.15, -0.1) is 0 Å². The van der Waals surface area contributed by atoms with Crippen molar-refractivity contribution >= 4 is 21.7 Å². The maximum Gasteiger partial charge on any atom is 0.339 e. The molecule has 0 aliphatic rings. The molecule has 3 rings (SSSR count). The number of hydrogen-bond acceptors (Lipinski definition) is 8. The number of anilines is 1. The van der Waals surface area contributed by atoms with Gasteiger partial charge in [-0.1, -0.05) is 24.3 Å². The summed E-state index contributed by atoms with van der Waals surface area (Å²) in [6.45, 7) is 0.975. The Bertz CT molecular complexity index is 1310. The number of rotatable bonds is 12. The topological polar surface area (TPSA) is 154 Å². The van der Waals surface area contributed by atoms with E-state index in [1.54, 1.807) is 24.3 Å². The van der Waals surface area contributed by atoms with E-state index in [1.165, 1.54) is 31.4 Å². The van der Waals surface area contributed by atoms with Crippen LogP contribution in [0.5, 0.6) is 17.2 Å². The second-order valence-corrected chi connectivity index (χ2v) is 9.71. The van der Waals surface area contributed by atoms with Gasteiger partial charge in [0, 0.05) is 13.1 Å². The zero-order valence-electron chi connectivity index (χ0n) is 19.8. The van der Waals surface area contributed by atoms with E-state index in [0.29, 0.717) is 24.5 Å². The number of hydrogen-bond donors (Lipinski definition) is 5. The Hall–Kier alpha value is -3.80. The van der Waals surface area contributed by atoms with E-state index in [1.807, 2.05) is 12.1 Å². The molecule has 36 heavy (non-hydrogen) atoms. The Morgan fingerprint density at radius 2 is 1.72 bits per heavy atom. The summed E-state index contributed by atoms with van der Waals surface area (Å²) in [6.07, 6.45) is 0.0508. The third-order valence-electron chi connectivity index (χ3n) is 5.21. The first-order chi connectivity index (χ1) is 17.1. The number of methoxy groups -OCH3 is 1. The molecule has 0 spiro atoms. The van der Waals surface area contributed by atoms with Crippen LogP contribution in [-0.4, -0.2) is 62.8 Å². The second-order valence-electron chi connectivity index (χ2n) is 7.96. The van der Waals surface area contributed by atoms with Gasteiger partial charge in [0.05, 0.1) is 25.2 Å². The Morgan fingerprint density at radius 1 is 1.03 bits per heavy atom. The lowest BCUT2D eigenvalue weighted by atomic mass is 10.0. The van der Waals surface area contributed by atoms with E-state index in [-0.39, 0.29) is 29.3 Å². The standard InChI is InChI=1S/C25H28N2O8S/c1-34-24-14-17(5-9-20(24)25(30)31)16-3-7-19(8-4-16)35-12-11-26-15-23(29)18-6-10-22(28)21(13-18)27-36(2,32)33/h3-10,13-14,23,26-29H,11-12,15H2,1-2H3,(H,30,31)/t23-/m0/s1. The van der Waals surface area contributed by atoms with Crippen LogP contribution in [-0.2, 0) is 10.0 Å². The molecular weight excluding hydrogens is 488 g/mol. The highest BCUT2D eigenvalue weighted by molar-refractivity contribution is 7.92. The summed E-state index contributed by atoms with van der Waals surface area (Å²) in [5.41, 5.74) is 2.21. The first kappa shape index (κ1) is 26.8. The van der Waals surface area contributed by atoms with Crippen molar-refractivity contribution in [2.24, 2.45) is 0 Å². The number of phenols is 1. The second kappa shape index (κ2) is 11.8. The van der Waals surface area contributed by atoms with Crippen molar-refractivity contribution in [1.82, 2.24) is 5.32 Å². The predicted molar refractivity (Wildman–Crippen MR) is 135 cm³/mol. The highest BCUT2D eigenvalue weighted by Crippen LogP contribution is 2.29. The van der Waals surface area contributed by atoms with Crippen molar-refractivity contribution in [3.05, 3.63) is 71.8 Å². The summed E-state index contributed by atoms with van der Waals surface area (Å²) in [4.78, 5) is 11.3. The molecule has 0 saturated carbocycles. The number of aliphatic hydroxyl groups excluding tert-OH is 1. The lowest BCUT2D eigenvalue weighted by Crippen LogP contribution is -2.26. The van der Waals surface area contributed by atoms with Gasteiger partial charge in [-0.25, -0.2) is 13.2 Å². The normalized spacial score (nSPS) is 12.1. The Morgan fingerprint density at radius 3 is 2.36 bits per heavy atom. The zero-order valence-corrected chi connectivity index (χ0v) is 20.6. The van der Waals surface area contributed by atoms with Crippen molar-refractivity contribution < 1.29 is 38.0 Å². The molecular formula is C25H28N2O8S. The third kappa shape index (κ3) is 7.35. The number of carboxylic acid groups (broad SMARTS) is 1. The maximum atomic E-state index is 11.4. The number of carboxylic acids is 1. The summed E-state index contributed by atoms with van der Waals surface area (Å²) in [5, 5.41) is 32.5. The van der Waals surface area contributed by atoms with E-state index in [4.69, 9.17) is 9.47 Å². The molecule has 0 fully saturated rings. The van der Waals surface area contributed by atoms with Gasteiger partial charge in [0.25, 0.3) is 0 Å². The molecule has 5 N–H and O–H groups in total. The van der Waals surface area contributed by atoms with E-state index in [0.717, 1.165) is 17.4 Å². The number of aliphatic hydroxyl groups is 1. The summed E-state index contributed by atoms with van der Waals surface area (Å²) in [7, 11) is -2.15. The molecule has 0 aromatic heterocycles. The van der Waals surface area contributed by atoms with Crippen LogP contribution in [0.1, 0.15) is 22.0 Å². The molecule has 0 heterocycles. The summed E-state index contributed by atoms with van der Waals surface area (Å²) in [6, 6.07) is 16.4. The molecule has 0 unspecified atom stereocenters. The lowest BCUT2D eigenvalue weighted by molar-refractivity contribution is 0.0693. The van der Waals surface area contributed by atoms with Gasteiger partial charge in [-0.2, -0.15) is 0 Å². The van der Waals surface area contributed by atoms with Crippen molar-refractivity contribution in [3.63, 3.8) is 0 Å². The van der Waals surface area contributed by atoms with Crippen molar-refractivity contribution in [1.29, 1.82) is 0 Å². The highest BCUT2D eigenvalue weighted by Gasteiger charge is 2.14. The van der Waals surface area contributed by atoms with Crippen LogP contribution in [0.4, 0.5) is 5.69 Å². The monoisotopic (exact) mass is 516 g/mol. The van der Waals surface area contributed by atoms with E-state index in [2.05, 4.69) is 10.0 Å². The number of aromatic hydroxyl groups is 1. The van der Waals surface area contributed by atoms with E-state index in [9.17, 15) is 28.5 Å². The number of sulfonamides is 1. The van der Waals surface area contributed by atoms with E-state index < -0.39 is 22.1 Å². The lowest BCUT2D eigenvalue weighted by Gasteiger charge is -2.15. The summed E-state index contributed by atoms with van der Waals surface area (Å²) >= 11 is 0. The van der Waals surface area contributed by atoms with Gasteiger partial charge in [-0.05, 0) is 53.1 Å². The molecule has 0 radical (unpaired) electrons. The zero-order chi connectivity index (χ0) is 26.3. The Balaban J connectivity index is 1.49. The Labute approximate surface area is 209 Å². The van der Waals surface area contributed by atoms with E-state index >= 15 is 0 Å². The van der Waals surface area contributed by atoms with Gasteiger partial charge < -0.3 is 30.1 Å². The molecule has 192 valence electrons. The molecule has 0 aliphatic carbocycles.